The minimum atomic E-state index is -3.86. The molecule has 3 aromatic carbocycles. The Balaban J connectivity index is 1.43. The minimum Gasteiger partial charge on any atom is -0.325 e. The summed E-state index contributed by atoms with van der Waals surface area (Å²) < 4.78 is 28.1. The molecule has 0 fully saturated rings. The number of hydrogen-bond donors (Lipinski definition) is 2. The van der Waals surface area contributed by atoms with Crippen molar-refractivity contribution in [3.8, 4) is 0 Å². The van der Waals surface area contributed by atoms with Crippen LogP contribution in [0.2, 0.25) is 0 Å². The van der Waals surface area contributed by atoms with Crippen LogP contribution in [0, 0.1) is 0 Å². The Morgan fingerprint density at radius 3 is 2.09 bits per heavy atom. The van der Waals surface area contributed by atoms with Gasteiger partial charge >= 0.3 is 0 Å². The van der Waals surface area contributed by atoms with Gasteiger partial charge in [0.1, 0.15) is 4.90 Å². The van der Waals surface area contributed by atoms with Gasteiger partial charge in [0, 0.05) is 35.0 Å². The molecule has 9 heteroatoms. The van der Waals surface area contributed by atoms with Crippen molar-refractivity contribution in [3.05, 3.63) is 71.8 Å². The summed E-state index contributed by atoms with van der Waals surface area (Å²) in [6.45, 7) is 5.26. The maximum atomic E-state index is 13.0. The molecule has 0 saturated heterocycles. The van der Waals surface area contributed by atoms with Gasteiger partial charge in [0.15, 0.2) is 0 Å². The Hall–Kier alpha value is -3.56. The molecule has 1 aliphatic rings. The van der Waals surface area contributed by atoms with Crippen molar-refractivity contribution in [2.24, 2.45) is 0 Å². The van der Waals surface area contributed by atoms with Crippen LogP contribution in [0.25, 0.3) is 10.8 Å². The number of amides is 3. The summed E-state index contributed by atoms with van der Waals surface area (Å²) in [5, 5.41) is 4.13. The number of sulfonamides is 1. The van der Waals surface area contributed by atoms with Gasteiger partial charge < -0.3 is 5.32 Å². The highest BCUT2D eigenvalue weighted by Crippen LogP contribution is 2.30. The van der Waals surface area contributed by atoms with E-state index in [9.17, 15) is 22.8 Å². The van der Waals surface area contributed by atoms with Crippen LogP contribution in [0.1, 0.15) is 54.3 Å². The minimum absolute atomic E-state index is 0.00396. The number of anilines is 1. The third-order valence-corrected chi connectivity index (χ3v) is 7.35. The van der Waals surface area contributed by atoms with E-state index in [2.05, 4.69) is 10.0 Å². The van der Waals surface area contributed by atoms with Crippen LogP contribution < -0.4 is 10.0 Å². The van der Waals surface area contributed by atoms with E-state index in [1.165, 1.54) is 12.1 Å². The number of nitrogens with one attached hydrogen (secondary N) is 2. The third kappa shape index (κ3) is 5.11. The lowest BCUT2D eigenvalue weighted by atomic mass is 9.94. The molecule has 0 spiro atoms. The summed E-state index contributed by atoms with van der Waals surface area (Å²) in [7, 11) is -3.86. The molecule has 182 valence electrons. The van der Waals surface area contributed by atoms with Crippen molar-refractivity contribution in [1.29, 1.82) is 0 Å². The Morgan fingerprint density at radius 2 is 1.49 bits per heavy atom. The molecule has 2 N–H and O–H groups in total. The fourth-order valence-corrected chi connectivity index (χ4v) is 5.74. The van der Waals surface area contributed by atoms with E-state index in [0.717, 1.165) is 10.3 Å². The van der Waals surface area contributed by atoms with Crippen LogP contribution in [0.4, 0.5) is 5.69 Å². The monoisotopic (exact) mass is 493 g/mol. The van der Waals surface area contributed by atoms with Gasteiger partial charge in [-0.25, -0.2) is 13.1 Å². The molecule has 3 amide bonds. The highest BCUT2D eigenvalue weighted by Gasteiger charge is 2.32. The summed E-state index contributed by atoms with van der Waals surface area (Å²) in [6, 6.07) is 16.8. The number of carbonyl (C=O) groups excluding carboxylic acids is 3. The number of carbonyl (C=O) groups is 3. The van der Waals surface area contributed by atoms with E-state index in [4.69, 9.17) is 0 Å². The van der Waals surface area contributed by atoms with Gasteiger partial charge in [-0.15, -0.1) is 0 Å². The number of imide groups is 1. The van der Waals surface area contributed by atoms with Crippen LogP contribution in [-0.2, 0) is 14.8 Å². The molecule has 1 heterocycles. The molecule has 0 atom stereocenters. The predicted octanol–water partition coefficient (Wildman–Crippen LogP) is 3.93. The second-order valence-electron chi connectivity index (χ2n) is 9.47. The fraction of sp³-hybridized carbons (Fsp3) is 0.269. The molecule has 35 heavy (non-hydrogen) atoms. The van der Waals surface area contributed by atoms with Crippen LogP contribution in [-0.4, -0.2) is 43.1 Å². The zero-order valence-corrected chi connectivity index (χ0v) is 20.6. The SMILES string of the molecule is CC(C)(C)NS(=O)(=O)c1ccccc1NC(=O)CCCN1C(=O)c2cccc3cccc(c23)C1=O. The van der Waals surface area contributed by atoms with Crippen LogP contribution in [0.5, 0.6) is 0 Å². The number of para-hydroxylation sites is 1. The largest absolute Gasteiger partial charge is 0.325 e. The molecule has 8 nitrogen and oxygen atoms in total. The van der Waals surface area contributed by atoms with Crippen molar-refractivity contribution in [2.75, 3.05) is 11.9 Å². The lowest BCUT2D eigenvalue weighted by molar-refractivity contribution is -0.116. The van der Waals surface area contributed by atoms with Crippen molar-refractivity contribution >= 4 is 44.2 Å². The summed E-state index contributed by atoms with van der Waals surface area (Å²) in [5.41, 5.74) is 0.409. The van der Waals surface area contributed by atoms with Crippen molar-refractivity contribution in [2.45, 2.75) is 44.0 Å². The first kappa shape index (κ1) is 24.6. The van der Waals surface area contributed by atoms with Crippen molar-refractivity contribution < 1.29 is 22.8 Å². The van der Waals surface area contributed by atoms with E-state index in [1.807, 2.05) is 12.1 Å². The van der Waals surface area contributed by atoms with Crippen LogP contribution >= 0.6 is 0 Å². The summed E-state index contributed by atoms with van der Waals surface area (Å²) in [4.78, 5) is 39.7. The summed E-state index contributed by atoms with van der Waals surface area (Å²) in [5.74, 6) is -1.18. The van der Waals surface area contributed by atoms with Gasteiger partial charge in [0.25, 0.3) is 11.8 Å². The maximum Gasteiger partial charge on any atom is 0.261 e. The molecule has 0 aromatic heterocycles. The molecule has 0 saturated carbocycles. The molecular formula is C26H27N3O5S. The third-order valence-electron chi connectivity index (χ3n) is 5.53. The number of nitrogens with zero attached hydrogens (tertiary/aromatic N) is 1. The predicted molar refractivity (Wildman–Crippen MR) is 134 cm³/mol. The molecule has 0 aliphatic carbocycles. The fourth-order valence-electron chi connectivity index (χ4n) is 4.16. The van der Waals surface area contributed by atoms with E-state index < -0.39 is 21.5 Å². The molecule has 0 bridgehead atoms. The Bertz CT molecular complexity index is 1390. The van der Waals surface area contributed by atoms with Crippen LogP contribution in [0.3, 0.4) is 0 Å². The first-order valence-corrected chi connectivity index (χ1v) is 12.8. The van der Waals surface area contributed by atoms with Crippen molar-refractivity contribution in [3.63, 3.8) is 0 Å². The smallest absolute Gasteiger partial charge is 0.261 e. The highest BCUT2D eigenvalue weighted by molar-refractivity contribution is 7.89. The first-order valence-electron chi connectivity index (χ1n) is 11.3. The van der Waals surface area contributed by atoms with Crippen molar-refractivity contribution in [1.82, 2.24) is 9.62 Å². The zero-order valence-electron chi connectivity index (χ0n) is 19.8. The second kappa shape index (κ2) is 9.24. The van der Waals surface area contributed by atoms with Gasteiger partial charge in [-0.1, -0.05) is 36.4 Å². The van der Waals surface area contributed by atoms with Gasteiger partial charge in [-0.05, 0) is 56.8 Å². The quantitative estimate of drug-likeness (QED) is 0.484. The summed E-state index contributed by atoms with van der Waals surface area (Å²) >= 11 is 0. The Morgan fingerprint density at radius 1 is 0.886 bits per heavy atom. The number of hydrogen-bond acceptors (Lipinski definition) is 5. The lowest BCUT2D eigenvalue weighted by Gasteiger charge is -2.27. The van der Waals surface area contributed by atoms with Gasteiger partial charge in [0.2, 0.25) is 15.9 Å². The highest BCUT2D eigenvalue weighted by atomic mass is 32.2. The van der Waals surface area contributed by atoms with E-state index in [1.54, 1.807) is 57.2 Å². The van der Waals surface area contributed by atoms with E-state index >= 15 is 0 Å². The number of rotatable bonds is 7. The van der Waals surface area contributed by atoms with Gasteiger partial charge in [0.05, 0.1) is 5.69 Å². The topological polar surface area (TPSA) is 113 Å². The average molecular weight is 494 g/mol. The molecule has 0 unspecified atom stereocenters. The maximum absolute atomic E-state index is 13.0. The number of benzene rings is 3. The Kier molecular flexibility index (Phi) is 6.48. The second-order valence-corrected chi connectivity index (χ2v) is 11.1. The standard InChI is InChI=1S/C26H27N3O5S/c1-26(2,3)28-35(33,34)21-14-5-4-13-20(21)27-22(30)15-8-16-29-24(31)18-11-6-9-17-10-7-12-19(23(17)18)25(29)32/h4-7,9-14,28H,8,15-16H2,1-3H3,(H,27,30). The summed E-state index contributed by atoms with van der Waals surface area (Å²) in [6.07, 6.45) is 0.237. The molecule has 1 aliphatic heterocycles. The molecule has 3 aromatic rings. The van der Waals surface area contributed by atoms with Crippen LogP contribution in [0.15, 0.2) is 65.6 Å². The Labute approximate surface area is 204 Å². The molecule has 0 radical (unpaired) electrons. The van der Waals surface area contributed by atoms with Gasteiger partial charge in [-0.3, -0.25) is 19.3 Å². The van der Waals surface area contributed by atoms with E-state index in [0.29, 0.717) is 16.5 Å². The lowest BCUT2D eigenvalue weighted by Crippen LogP contribution is -2.41. The average Bonchev–Trinajstić information content (AvgIpc) is 2.78. The zero-order chi connectivity index (χ0) is 25.4. The molecular weight excluding hydrogens is 466 g/mol. The normalized spacial score (nSPS) is 13.9. The molecule has 4 rings (SSSR count). The van der Waals surface area contributed by atoms with Gasteiger partial charge in [-0.2, -0.15) is 0 Å². The first-order chi connectivity index (χ1) is 16.5. The van der Waals surface area contributed by atoms with E-state index in [-0.39, 0.29) is 41.8 Å².